The first kappa shape index (κ1) is 15.9. The molecular weight excluding hydrogens is 302 g/mol. The van der Waals surface area contributed by atoms with Gasteiger partial charge in [0, 0.05) is 5.69 Å². The third-order valence-corrected chi connectivity index (χ3v) is 4.15. The number of rotatable bonds is 3. The van der Waals surface area contributed by atoms with E-state index in [-0.39, 0.29) is 11.5 Å². The van der Waals surface area contributed by atoms with Crippen LogP contribution in [0.4, 0.5) is 5.69 Å². The van der Waals surface area contributed by atoms with Crippen LogP contribution in [-0.4, -0.2) is 15.5 Å². The zero-order chi connectivity index (χ0) is 17.3. The van der Waals surface area contributed by atoms with Gasteiger partial charge in [-0.3, -0.25) is 14.2 Å². The minimum absolute atomic E-state index is 0.203. The molecule has 1 N–H and O–H groups in total. The summed E-state index contributed by atoms with van der Waals surface area (Å²) < 4.78 is 1.44. The Morgan fingerprint density at radius 3 is 2.50 bits per heavy atom. The molecule has 3 aromatic rings. The van der Waals surface area contributed by atoms with Crippen LogP contribution in [0.25, 0.3) is 10.9 Å². The zero-order valence-electron chi connectivity index (χ0n) is 13.9. The average molecular weight is 321 g/mol. The highest BCUT2D eigenvalue weighted by atomic mass is 16.2. The van der Waals surface area contributed by atoms with E-state index >= 15 is 0 Å². The van der Waals surface area contributed by atoms with Gasteiger partial charge in [-0.05, 0) is 44.5 Å². The second-order valence-electron chi connectivity index (χ2n) is 5.83. The smallest absolute Gasteiger partial charge is 0.262 e. The van der Waals surface area contributed by atoms with E-state index < -0.39 is 6.04 Å². The lowest BCUT2D eigenvalue weighted by atomic mass is 10.2. The van der Waals surface area contributed by atoms with Crippen LogP contribution in [0.5, 0.6) is 0 Å². The number of anilines is 1. The highest BCUT2D eigenvalue weighted by Crippen LogP contribution is 2.17. The summed E-state index contributed by atoms with van der Waals surface area (Å²) in [5, 5.41) is 3.40. The van der Waals surface area contributed by atoms with E-state index in [0.717, 1.165) is 11.3 Å². The minimum atomic E-state index is -0.658. The molecule has 1 unspecified atom stereocenters. The van der Waals surface area contributed by atoms with Crippen LogP contribution in [0, 0.1) is 13.8 Å². The molecule has 0 saturated carbocycles. The number of aryl methyl sites for hydroxylation is 2. The van der Waals surface area contributed by atoms with Crippen molar-refractivity contribution in [1.29, 1.82) is 0 Å². The predicted octanol–water partition coefficient (Wildman–Crippen LogP) is 3.21. The van der Waals surface area contributed by atoms with Gasteiger partial charge >= 0.3 is 0 Å². The predicted molar refractivity (Wildman–Crippen MR) is 95.3 cm³/mol. The molecule has 24 heavy (non-hydrogen) atoms. The summed E-state index contributed by atoms with van der Waals surface area (Å²) in [5.41, 5.74) is 2.15. The Morgan fingerprint density at radius 1 is 1.08 bits per heavy atom. The molecule has 1 amide bonds. The monoisotopic (exact) mass is 321 g/mol. The number of carbonyl (C=O) groups is 1. The topological polar surface area (TPSA) is 64.0 Å². The Hall–Kier alpha value is -2.95. The van der Waals surface area contributed by atoms with Crippen molar-refractivity contribution in [2.45, 2.75) is 26.8 Å². The van der Waals surface area contributed by atoms with Crippen molar-refractivity contribution in [2.24, 2.45) is 0 Å². The fourth-order valence-corrected chi connectivity index (χ4v) is 2.78. The largest absolute Gasteiger partial charge is 0.324 e. The maximum Gasteiger partial charge on any atom is 0.262 e. The van der Waals surface area contributed by atoms with Gasteiger partial charge in [0.05, 0.1) is 10.9 Å². The van der Waals surface area contributed by atoms with Crippen LogP contribution < -0.4 is 10.9 Å². The van der Waals surface area contributed by atoms with E-state index in [1.165, 1.54) is 4.57 Å². The van der Waals surface area contributed by atoms with E-state index in [1.807, 2.05) is 37.3 Å². The number of carbonyl (C=O) groups excluding carboxylic acids is 1. The van der Waals surface area contributed by atoms with Crippen molar-refractivity contribution in [3.05, 3.63) is 70.3 Å². The lowest BCUT2D eigenvalue weighted by Crippen LogP contribution is -2.34. The molecule has 2 aromatic carbocycles. The number of fused-ring (bicyclic) bond motifs is 1. The minimum Gasteiger partial charge on any atom is -0.324 e. The van der Waals surface area contributed by atoms with E-state index in [1.54, 1.807) is 32.0 Å². The fraction of sp³-hybridized carbons (Fsp3) is 0.211. The molecule has 1 aromatic heterocycles. The maximum absolute atomic E-state index is 12.8. The van der Waals surface area contributed by atoms with Crippen LogP contribution in [0.3, 0.4) is 0 Å². The van der Waals surface area contributed by atoms with Gasteiger partial charge < -0.3 is 5.32 Å². The lowest BCUT2D eigenvalue weighted by molar-refractivity contribution is -0.118. The maximum atomic E-state index is 12.8. The molecule has 0 aliphatic rings. The van der Waals surface area contributed by atoms with Gasteiger partial charge in [0.15, 0.2) is 0 Å². The Morgan fingerprint density at radius 2 is 1.75 bits per heavy atom. The summed E-state index contributed by atoms with van der Waals surface area (Å²) in [6.45, 7) is 5.37. The third kappa shape index (κ3) is 2.80. The number of amides is 1. The van der Waals surface area contributed by atoms with Crippen molar-refractivity contribution in [3.63, 3.8) is 0 Å². The Bertz CT molecular complexity index is 976. The standard InChI is InChI=1S/C19H19N3O2/c1-12-8-4-6-10-16(12)21-18(23)13(2)22-14(3)20-17-11-7-5-9-15(17)19(22)24/h4-11,13H,1-3H3,(H,21,23). The van der Waals surface area contributed by atoms with Gasteiger partial charge in [-0.25, -0.2) is 4.98 Å². The number of hydrogen-bond acceptors (Lipinski definition) is 3. The summed E-state index contributed by atoms with van der Waals surface area (Å²) in [6, 6.07) is 14.0. The molecule has 0 aliphatic carbocycles. The Labute approximate surface area is 140 Å². The van der Waals surface area contributed by atoms with Crippen LogP contribution in [0.1, 0.15) is 24.4 Å². The summed E-state index contributed by atoms with van der Waals surface area (Å²) in [4.78, 5) is 29.8. The first-order chi connectivity index (χ1) is 11.5. The van der Waals surface area contributed by atoms with Gasteiger partial charge in [0.2, 0.25) is 5.91 Å². The summed E-state index contributed by atoms with van der Waals surface area (Å²) in [5.74, 6) is 0.276. The number of aromatic nitrogens is 2. The number of hydrogen-bond donors (Lipinski definition) is 1. The molecule has 0 saturated heterocycles. The van der Waals surface area contributed by atoms with Gasteiger partial charge in [0.1, 0.15) is 11.9 Å². The van der Waals surface area contributed by atoms with E-state index in [4.69, 9.17) is 0 Å². The third-order valence-electron chi connectivity index (χ3n) is 4.15. The molecular formula is C19H19N3O2. The zero-order valence-corrected chi connectivity index (χ0v) is 13.9. The average Bonchev–Trinajstić information content (AvgIpc) is 2.56. The molecule has 122 valence electrons. The van der Waals surface area contributed by atoms with Crippen molar-refractivity contribution in [1.82, 2.24) is 9.55 Å². The number of benzene rings is 2. The quantitative estimate of drug-likeness (QED) is 0.805. The number of nitrogens with zero attached hydrogens (tertiary/aromatic N) is 2. The Balaban J connectivity index is 1.99. The highest BCUT2D eigenvalue weighted by molar-refractivity contribution is 5.94. The van der Waals surface area contributed by atoms with Crippen molar-refractivity contribution < 1.29 is 4.79 Å². The second kappa shape index (κ2) is 6.28. The van der Waals surface area contributed by atoms with Crippen LogP contribution >= 0.6 is 0 Å². The molecule has 3 rings (SSSR count). The van der Waals surface area contributed by atoms with Gasteiger partial charge in [-0.1, -0.05) is 30.3 Å². The molecule has 0 bridgehead atoms. The van der Waals surface area contributed by atoms with Gasteiger partial charge in [0.25, 0.3) is 5.56 Å². The first-order valence-electron chi connectivity index (χ1n) is 7.83. The van der Waals surface area contributed by atoms with Crippen LogP contribution in [0.2, 0.25) is 0 Å². The Kier molecular flexibility index (Phi) is 4.16. The van der Waals surface area contributed by atoms with Gasteiger partial charge in [-0.2, -0.15) is 0 Å². The molecule has 0 radical (unpaired) electrons. The molecule has 0 spiro atoms. The summed E-state index contributed by atoms with van der Waals surface area (Å²) in [7, 11) is 0. The second-order valence-corrected chi connectivity index (χ2v) is 5.83. The molecule has 5 heteroatoms. The number of para-hydroxylation sites is 2. The summed E-state index contributed by atoms with van der Waals surface area (Å²) >= 11 is 0. The van der Waals surface area contributed by atoms with E-state index in [9.17, 15) is 9.59 Å². The van der Waals surface area contributed by atoms with E-state index in [2.05, 4.69) is 10.3 Å². The highest BCUT2D eigenvalue weighted by Gasteiger charge is 2.20. The fourth-order valence-electron chi connectivity index (χ4n) is 2.78. The molecule has 5 nitrogen and oxygen atoms in total. The molecule has 1 heterocycles. The van der Waals surface area contributed by atoms with Crippen LogP contribution in [-0.2, 0) is 4.79 Å². The van der Waals surface area contributed by atoms with Crippen molar-refractivity contribution in [2.75, 3.05) is 5.32 Å². The first-order valence-corrected chi connectivity index (χ1v) is 7.83. The molecule has 1 atom stereocenters. The SMILES string of the molecule is Cc1ccccc1NC(=O)C(C)n1c(C)nc2ccccc2c1=O. The van der Waals surface area contributed by atoms with Crippen LogP contribution in [0.15, 0.2) is 53.3 Å². The number of nitrogens with one attached hydrogen (secondary N) is 1. The summed E-state index contributed by atoms with van der Waals surface area (Å²) in [6.07, 6.45) is 0. The van der Waals surface area contributed by atoms with Crippen molar-refractivity contribution >= 4 is 22.5 Å². The van der Waals surface area contributed by atoms with E-state index in [0.29, 0.717) is 16.7 Å². The lowest BCUT2D eigenvalue weighted by Gasteiger charge is -2.18. The molecule has 0 fully saturated rings. The van der Waals surface area contributed by atoms with Crippen molar-refractivity contribution in [3.8, 4) is 0 Å². The van der Waals surface area contributed by atoms with Gasteiger partial charge in [-0.15, -0.1) is 0 Å². The molecule has 0 aliphatic heterocycles. The normalized spacial score (nSPS) is 12.1.